The molecular weight excluding hydrogens is 341 g/mol. The summed E-state index contributed by atoms with van der Waals surface area (Å²) in [5, 5.41) is 9.37. The number of rotatable bonds is 4. The third-order valence-corrected chi connectivity index (χ3v) is 3.82. The average molecular weight is 361 g/mol. The lowest BCUT2D eigenvalue weighted by molar-refractivity contribution is 0.0780. The topological polar surface area (TPSA) is 39.6 Å². The fourth-order valence-electron chi connectivity index (χ4n) is 2.26. The van der Waals surface area contributed by atoms with Crippen molar-refractivity contribution in [3.63, 3.8) is 0 Å². The molecule has 1 fully saturated rings. The van der Waals surface area contributed by atoms with Gasteiger partial charge in [0.05, 0.1) is 6.10 Å². The molecule has 0 spiro atoms. The summed E-state index contributed by atoms with van der Waals surface area (Å²) >= 11 is 2.23. The van der Waals surface area contributed by atoms with Crippen molar-refractivity contribution in [2.45, 2.75) is 19.6 Å². The molecule has 0 amide bonds. The molecule has 1 N–H and O–H groups in total. The summed E-state index contributed by atoms with van der Waals surface area (Å²) in [5.41, 5.74) is 1.28. The Kier molecular flexibility index (Phi) is 5.35. The Morgan fingerprint density at radius 2 is 1.94 bits per heavy atom. The largest absolute Gasteiger partial charge is 0.392 e. The third kappa shape index (κ3) is 4.46. The van der Waals surface area contributed by atoms with Crippen LogP contribution in [0.5, 0.6) is 0 Å². The van der Waals surface area contributed by atoms with Gasteiger partial charge in [-0.05, 0) is 41.1 Å². The summed E-state index contributed by atoms with van der Waals surface area (Å²) in [6, 6.07) is 4.20. The van der Waals surface area contributed by atoms with Crippen LogP contribution < -0.4 is 0 Å². The quantitative estimate of drug-likeness (QED) is 0.646. The summed E-state index contributed by atoms with van der Waals surface area (Å²) in [6.07, 6.45) is 1.74. The van der Waals surface area contributed by atoms with Crippen molar-refractivity contribution in [2.24, 2.45) is 0 Å². The van der Waals surface area contributed by atoms with E-state index in [0.717, 1.165) is 43.0 Å². The fraction of sp³-hybridized carbons (Fsp3) is 0.615. The molecule has 2 rings (SSSR count). The maximum absolute atomic E-state index is 9.37. The van der Waals surface area contributed by atoms with Crippen LogP contribution in [0.25, 0.3) is 0 Å². The van der Waals surface area contributed by atoms with Gasteiger partial charge in [-0.25, -0.2) is 0 Å². The van der Waals surface area contributed by atoms with Gasteiger partial charge in [0.25, 0.3) is 0 Å². The first kappa shape index (κ1) is 14.2. The van der Waals surface area contributed by atoms with Gasteiger partial charge in [0.2, 0.25) is 0 Å². The van der Waals surface area contributed by atoms with Gasteiger partial charge in [0.15, 0.2) is 0 Å². The number of aliphatic hydroxyl groups is 1. The second kappa shape index (κ2) is 6.79. The third-order valence-electron chi connectivity index (χ3n) is 3.18. The maximum Gasteiger partial charge on any atom is 0.101 e. The molecule has 4 nitrogen and oxygen atoms in total. The molecule has 0 saturated carbocycles. The lowest BCUT2D eigenvalue weighted by Gasteiger charge is -2.35. The van der Waals surface area contributed by atoms with E-state index in [0.29, 0.717) is 0 Å². The van der Waals surface area contributed by atoms with E-state index in [1.54, 1.807) is 0 Å². The highest BCUT2D eigenvalue weighted by molar-refractivity contribution is 14.1. The standard InChI is InChI=1S/C13H20IN3O/c1-11(18)9-16-4-6-17(7-5-16)10-12-2-3-13(14)15-8-12/h2-3,8,11,18H,4-7,9-10H2,1H3/t11-/m0/s1. The van der Waals surface area contributed by atoms with Crippen LogP contribution >= 0.6 is 22.6 Å². The highest BCUT2D eigenvalue weighted by Gasteiger charge is 2.17. The Morgan fingerprint density at radius 3 is 2.50 bits per heavy atom. The van der Waals surface area contributed by atoms with E-state index in [1.165, 1.54) is 5.56 Å². The number of hydrogen-bond acceptors (Lipinski definition) is 4. The minimum absolute atomic E-state index is 0.225. The highest BCUT2D eigenvalue weighted by atomic mass is 127. The SMILES string of the molecule is C[C@H](O)CN1CCN(Cc2ccc(I)nc2)CC1. The molecule has 1 aromatic rings. The molecule has 1 aliphatic rings. The number of halogens is 1. The molecule has 1 atom stereocenters. The van der Waals surface area contributed by atoms with E-state index in [4.69, 9.17) is 0 Å². The van der Waals surface area contributed by atoms with Crippen LogP contribution in [0.1, 0.15) is 12.5 Å². The van der Waals surface area contributed by atoms with Gasteiger partial charge in [0.1, 0.15) is 3.70 Å². The van der Waals surface area contributed by atoms with Gasteiger partial charge in [-0.3, -0.25) is 14.8 Å². The second-order valence-electron chi connectivity index (χ2n) is 4.91. The molecule has 0 aromatic carbocycles. The molecule has 18 heavy (non-hydrogen) atoms. The lowest BCUT2D eigenvalue weighted by Crippen LogP contribution is -2.47. The zero-order valence-electron chi connectivity index (χ0n) is 10.7. The molecule has 0 unspecified atom stereocenters. The first-order chi connectivity index (χ1) is 8.63. The van der Waals surface area contributed by atoms with E-state index in [1.807, 2.05) is 13.1 Å². The first-order valence-corrected chi connectivity index (χ1v) is 7.44. The lowest BCUT2D eigenvalue weighted by atomic mass is 10.2. The summed E-state index contributed by atoms with van der Waals surface area (Å²) in [6.45, 7) is 7.85. The molecule has 0 aliphatic carbocycles. The van der Waals surface area contributed by atoms with Crippen molar-refractivity contribution in [3.8, 4) is 0 Å². The molecule has 5 heteroatoms. The summed E-state index contributed by atoms with van der Waals surface area (Å²) in [5.74, 6) is 0. The van der Waals surface area contributed by atoms with Crippen LogP contribution in [-0.2, 0) is 6.54 Å². The van der Waals surface area contributed by atoms with Crippen molar-refractivity contribution in [2.75, 3.05) is 32.7 Å². The predicted octanol–water partition coefficient (Wildman–Crippen LogP) is 1.18. The summed E-state index contributed by atoms with van der Waals surface area (Å²) in [4.78, 5) is 9.09. The molecule has 2 heterocycles. The maximum atomic E-state index is 9.37. The molecular formula is C13H20IN3O. The van der Waals surface area contributed by atoms with Crippen molar-refractivity contribution in [1.82, 2.24) is 14.8 Å². The minimum Gasteiger partial charge on any atom is -0.392 e. The van der Waals surface area contributed by atoms with E-state index in [9.17, 15) is 5.11 Å². The molecule has 100 valence electrons. The van der Waals surface area contributed by atoms with E-state index in [-0.39, 0.29) is 6.10 Å². The Balaban J connectivity index is 1.78. The van der Waals surface area contributed by atoms with Crippen molar-refractivity contribution < 1.29 is 5.11 Å². The fourth-order valence-corrected chi connectivity index (χ4v) is 2.58. The predicted molar refractivity (Wildman–Crippen MR) is 80.4 cm³/mol. The first-order valence-electron chi connectivity index (χ1n) is 6.36. The van der Waals surface area contributed by atoms with Crippen LogP contribution in [-0.4, -0.2) is 58.7 Å². The Morgan fingerprint density at radius 1 is 1.28 bits per heavy atom. The van der Waals surface area contributed by atoms with Crippen LogP contribution in [0.2, 0.25) is 0 Å². The van der Waals surface area contributed by atoms with Crippen LogP contribution in [0, 0.1) is 3.70 Å². The Hall–Kier alpha value is -0.240. The second-order valence-corrected chi connectivity index (χ2v) is 6.02. The van der Waals surface area contributed by atoms with Crippen molar-refractivity contribution in [1.29, 1.82) is 0 Å². The van der Waals surface area contributed by atoms with Crippen molar-refractivity contribution in [3.05, 3.63) is 27.6 Å². The molecule has 0 radical (unpaired) electrons. The molecule has 1 aromatic heterocycles. The number of piperazine rings is 1. The number of aromatic nitrogens is 1. The number of nitrogens with zero attached hydrogens (tertiary/aromatic N) is 3. The number of aliphatic hydroxyl groups excluding tert-OH is 1. The number of hydrogen-bond donors (Lipinski definition) is 1. The molecule has 0 bridgehead atoms. The van der Waals surface area contributed by atoms with Gasteiger partial charge < -0.3 is 5.11 Å². The average Bonchev–Trinajstić information content (AvgIpc) is 2.34. The van der Waals surface area contributed by atoms with E-state index >= 15 is 0 Å². The number of pyridine rings is 1. The van der Waals surface area contributed by atoms with Gasteiger partial charge >= 0.3 is 0 Å². The Bertz CT molecular complexity index is 361. The van der Waals surface area contributed by atoms with E-state index in [2.05, 4.69) is 49.5 Å². The van der Waals surface area contributed by atoms with Gasteiger partial charge in [0, 0.05) is 45.5 Å². The smallest absolute Gasteiger partial charge is 0.101 e. The van der Waals surface area contributed by atoms with E-state index < -0.39 is 0 Å². The van der Waals surface area contributed by atoms with Gasteiger partial charge in [-0.2, -0.15) is 0 Å². The summed E-state index contributed by atoms with van der Waals surface area (Å²) < 4.78 is 1.04. The monoisotopic (exact) mass is 361 g/mol. The van der Waals surface area contributed by atoms with Crippen LogP contribution in [0.15, 0.2) is 18.3 Å². The van der Waals surface area contributed by atoms with Gasteiger partial charge in [-0.1, -0.05) is 6.07 Å². The Labute approximate surface area is 122 Å². The number of β-amino-alcohol motifs (C(OH)–C–C–N with tert-alkyl or cyclic N) is 1. The van der Waals surface area contributed by atoms with Crippen molar-refractivity contribution >= 4 is 22.6 Å². The molecule has 1 saturated heterocycles. The molecule has 1 aliphatic heterocycles. The summed E-state index contributed by atoms with van der Waals surface area (Å²) in [7, 11) is 0. The highest BCUT2D eigenvalue weighted by Crippen LogP contribution is 2.09. The van der Waals surface area contributed by atoms with Crippen LogP contribution in [0.3, 0.4) is 0 Å². The zero-order valence-corrected chi connectivity index (χ0v) is 12.9. The van der Waals surface area contributed by atoms with Gasteiger partial charge in [-0.15, -0.1) is 0 Å². The van der Waals surface area contributed by atoms with Crippen LogP contribution in [0.4, 0.5) is 0 Å². The minimum atomic E-state index is -0.225. The zero-order chi connectivity index (χ0) is 13.0. The normalized spacial score (nSPS) is 19.9.